The Labute approximate surface area is 122 Å². The fourth-order valence-corrected chi connectivity index (χ4v) is 3.78. The molecule has 20 heavy (non-hydrogen) atoms. The number of benzene rings is 1. The molecule has 1 aliphatic rings. The number of nitrogens with one attached hydrogen (secondary N) is 1. The van der Waals surface area contributed by atoms with Crippen LogP contribution in [0.1, 0.15) is 26.2 Å². The van der Waals surface area contributed by atoms with Crippen LogP contribution in [0, 0.1) is 5.92 Å². The summed E-state index contributed by atoms with van der Waals surface area (Å²) < 4.78 is 27.0. The van der Waals surface area contributed by atoms with Gasteiger partial charge in [0.05, 0.1) is 4.90 Å². The van der Waals surface area contributed by atoms with Crippen molar-refractivity contribution in [2.24, 2.45) is 5.92 Å². The van der Waals surface area contributed by atoms with Crippen molar-refractivity contribution in [3.8, 4) is 0 Å². The Bertz CT molecular complexity index is 494. The van der Waals surface area contributed by atoms with Gasteiger partial charge in [-0.2, -0.15) is 0 Å². The fourth-order valence-electron chi connectivity index (χ4n) is 2.64. The quantitative estimate of drug-likeness (QED) is 0.874. The summed E-state index contributed by atoms with van der Waals surface area (Å²) in [5.74, 6) is 0.460. The van der Waals surface area contributed by atoms with E-state index in [-0.39, 0.29) is 0 Å². The van der Waals surface area contributed by atoms with E-state index in [9.17, 15) is 8.42 Å². The first-order valence-electron chi connectivity index (χ1n) is 7.39. The van der Waals surface area contributed by atoms with Crippen molar-refractivity contribution in [2.75, 3.05) is 26.2 Å². The van der Waals surface area contributed by atoms with Crippen molar-refractivity contribution in [1.29, 1.82) is 0 Å². The molecule has 1 aliphatic heterocycles. The van der Waals surface area contributed by atoms with Gasteiger partial charge in [0.1, 0.15) is 0 Å². The summed E-state index contributed by atoms with van der Waals surface area (Å²) in [6.45, 7) is 6.08. The molecule has 0 atom stereocenters. The van der Waals surface area contributed by atoms with Crippen LogP contribution in [0.3, 0.4) is 0 Å². The third kappa shape index (κ3) is 4.30. The molecule has 4 nitrogen and oxygen atoms in total. The van der Waals surface area contributed by atoms with Crippen molar-refractivity contribution >= 4 is 10.0 Å². The van der Waals surface area contributed by atoms with E-state index in [2.05, 4.69) is 16.5 Å². The Hall–Kier alpha value is -0.910. The smallest absolute Gasteiger partial charge is 0.240 e. The Morgan fingerprint density at radius 3 is 2.45 bits per heavy atom. The first-order valence-corrected chi connectivity index (χ1v) is 8.87. The van der Waals surface area contributed by atoms with Gasteiger partial charge in [0, 0.05) is 6.54 Å². The van der Waals surface area contributed by atoms with Crippen LogP contribution in [0.4, 0.5) is 0 Å². The average molecular weight is 296 g/mol. The predicted octanol–water partition coefficient (Wildman–Crippen LogP) is 2.09. The molecular weight excluding hydrogens is 272 g/mol. The molecule has 1 fully saturated rings. The van der Waals surface area contributed by atoms with Gasteiger partial charge in [-0.15, -0.1) is 0 Å². The van der Waals surface area contributed by atoms with Gasteiger partial charge in [0.2, 0.25) is 10.0 Å². The van der Waals surface area contributed by atoms with Crippen LogP contribution >= 0.6 is 0 Å². The lowest BCUT2D eigenvalue weighted by Gasteiger charge is -2.31. The Kier molecular flexibility index (Phi) is 5.57. The van der Waals surface area contributed by atoms with Crippen LogP contribution in [-0.4, -0.2) is 39.5 Å². The minimum Gasteiger partial charge on any atom is -0.303 e. The van der Waals surface area contributed by atoms with Gasteiger partial charge >= 0.3 is 0 Å². The molecular formula is C15H24N2O2S. The highest BCUT2D eigenvalue weighted by Gasteiger charge is 2.21. The van der Waals surface area contributed by atoms with Crippen molar-refractivity contribution in [3.05, 3.63) is 30.3 Å². The first kappa shape index (κ1) is 15.5. The summed E-state index contributed by atoms with van der Waals surface area (Å²) in [5.41, 5.74) is 0. The normalized spacial score (nSPS) is 18.2. The number of hydrogen-bond acceptors (Lipinski definition) is 3. The second-order valence-electron chi connectivity index (χ2n) is 5.45. The highest BCUT2D eigenvalue weighted by molar-refractivity contribution is 7.89. The van der Waals surface area contributed by atoms with Crippen LogP contribution in [0.5, 0.6) is 0 Å². The van der Waals surface area contributed by atoms with Gasteiger partial charge < -0.3 is 4.90 Å². The van der Waals surface area contributed by atoms with Gasteiger partial charge in [-0.05, 0) is 56.9 Å². The van der Waals surface area contributed by atoms with Gasteiger partial charge in [-0.1, -0.05) is 25.1 Å². The number of rotatable bonds is 6. The maximum atomic E-state index is 12.1. The topological polar surface area (TPSA) is 49.4 Å². The van der Waals surface area contributed by atoms with Gasteiger partial charge in [0.25, 0.3) is 0 Å². The Balaban J connectivity index is 1.81. The second kappa shape index (κ2) is 7.20. The molecule has 5 heteroatoms. The molecule has 112 valence electrons. The summed E-state index contributed by atoms with van der Waals surface area (Å²) in [6.07, 6.45) is 3.35. The number of piperidine rings is 1. The van der Waals surface area contributed by atoms with Crippen LogP contribution in [0.25, 0.3) is 0 Å². The van der Waals surface area contributed by atoms with E-state index >= 15 is 0 Å². The second-order valence-corrected chi connectivity index (χ2v) is 7.22. The zero-order chi connectivity index (χ0) is 14.4. The molecule has 0 unspecified atom stereocenters. The molecule has 0 radical (unpaired) electrons. The monoisotopic (exact) mass is 296 g/mol. The summed E-state index contributed by atoms with van der Waals surface area (Å²) in [6, 6.07) is 8.58. The van der Waals surface area contributed by atoms with Crippen molar-refractivity contribution in [3.63, 3.8) is 0 Å². The summed E-state index contributed by atoms with van der Waals surface area (Å²) in [7, 11) is -3.35. The van der Waals surface area contributed by atoms with Crippen LogP contribution in [0.2, 0.25) is 0 Å². The number of hydrogen-bond donors (Lipinski definition) is 1. The molecule has 1 aromatic rings. The van der Waals surface area contributed by atoms with Gasteiger partial charge in [0.15, 0.2) is 0 Å². The van der Waals surface area contributed by atoms with Crippen LogP contribution in [-0.2, 0) is 10.0 Å². The number of nitrogens with zero attached hydrogens (tertiary/aromatic N) is 1. The number of sulfonamides is 1. The molecule has 0 amide bonds. The molecule has 0 bridgehead atoms. The Morgan fingerprint density at radius 2 is 1.85 bits per heavy atom. The van der Waals surface area contributed by atoms with E-state index in [1.165, 1.54) is 6.42 Å². The summed E-state index contributed by atoms with van der Waals surface area (Å²) in [4.78, 5) is 2.81. The SMILES string of the molecule is CCCN1CCC(CNS(=O)(=O)c2ccccc2)CC1. The van der Waals surface area contributed by atoms with E-state index in [1.807, 2.05) is 6.07 Å². The van der Waals surface area contributed by atoms with Crippen molar-refractivity contribution in [2.45, 2.75) is 31.1 Å². The van der Waals surface area contributed by atoms with E-state index < -0.39 is 10.0 Å². The predicted molar refractivity (Wildman–Crippen MR) is 81.1 cm³/mol. The highest BCUT2D eigenvalue weighted by Crippen LogP contribution is 2.17. The zero-order valence-electron chi connectivity index (χ0n) is 12.1. The van der Waals surface area contributed by atoms with Gasteiger partial charge in [-0.25, -0.2) is 13.1 Å². The minimum absolute atomic E-state index is 0.350. The van der Waals surface area contributed by atoms with E-state index in [0.29, 0.717) is 17.4 Å². The molecule has 0 spiro atoms. The first-order chi connectivity index (χ1) is 9.62. The van der Waals surface area contributed by atoms with E-state index in [4.69, 9.17) is 0 Å². The van der Waals surface area contributed by atoms with Crippen molar-refractivity contribution in [1.82, 2.24) is 9.62 Å². The molecule has 1 N–H and O–H groups in total. The summed E-state index contributed by atoms with van der Waals surface area (Å²) >= 11 is 0. The molecule has 0 aliphatic carbocycles. The molecule has 2 rings (SSSR count). The molecule has 1 saturated heterocycles. The van der Waals surface area contributed by atoms with E-state index in [0.717, 1.165) is 32.5 Å². The Morgan fingerprint density at radius 1 is 1.20 bits per heavy atom. The molecule has 1 aromatic carbocycles. The van der Waals surface area contributed by atoms with Crippen LogP contribution < -0.4 is 4.72 Å². The van der Waals surface area contributed by atoms with E-state index in [1.54, 1.807) is 24.3 Å². The lowest BCUT2D eigenvalue weighted by molar-refractivity contribution is 0.186. The van der Waals surface area contributed by atoms with Gasteiger partial charge in [-0.3, -0.25) is 0 Å². The lowest BCUT2D eigenvalue weighted by atomic mass is 9.97. The molecule has 1 heterocycles. The standard InChI is InChI=1S/C15H24N2O2S/c1-2-10-17-11-8-14(9-12-17)13-16-20(18,19)15-6-4-3-5-7-15/h3-7,14,16H,2,8-13H2,1H3. The largest absolute Gasteiger partial charge is 0.303 e. The highest BCUT2D eigenvalue weighted by atomic mass is 32.2. The maximum Gasteiger partial charge on any atom is 0.240 e. The minimum atomic E-state index is -3.35. The summed E-state index contributed by atoms with van der Waals surface area (Å²) in [5, 5.41) is 0. The van der Waals surface area contributed by atoms with Crippen molar-refractivity contribution < 1.29 is 8.42 Å². The molecule has 0 aromatic heterocycles. The maximum absolute atomic E-state index is 12.1. The third-order valence-corrected chi connectivity index (χ3v) is 5.30. The lowest BCUT2D eigenvalue weighted by Crippen LogP contribution is -2.38. The fraction of sp³-hybridized carbons (Fsp3) is 0.600. The van der Waals surface area contributed by atoms with Crippen LogP contribution in [0.15, 0.2) is 35.2 Å². The average Bonchev–Trinajstić information content (AvgIpc) is 2.48. The number of likely N-dealkylation sites (tertiary alicyclic amines) is 1. The zero-order valence-corrected chi connectivity index (χ0v) is 12.9. The molecule has 0 saturated carbocycles. The third-order valence-electron chi connectivity index (χ3n) is 3.86.